The number of carbonyl (C=O) groups is 1. The number of Topliss-reactive ketones (excluding diaryl/α,β-unsaturated/α-hetero) is 1. The van der Waals surface area contributed by atoms with Crippen LogP contribution in [0.15, 0.2) is 71.4 Å². The van der Waals surface area contributed by atoms with Gasteiger partial charge in [-0.2, -0.15) is 0 Å². The highest BCUT2D eigenvalue weighted by atomic mass is 16.1. The van der Waals surface area contributed by atoms with E-state index < -0.39 is 5.41 Å². The van der Waals surface area contributed by atoms with E-state index in [9.17, 15) is 4.79 Å². The number of fused-ring (bicyclic) bond motifs is 1. The van der Waals surface area contributed by atoms with Crippen molar-refractivity contribution in [3.05, 3.63) is 71.4 Å². The van der Waals surface area contributed by atoms with E-state index in [2.05, 4.69) is 56.4 Å². The minimum atomic E-state index is -0.545. The lowest BCUT2D eigenvalue weighted by molar-refractivity contribution is -0.122. The SMILES string of the molecule is CC(=O)C1(C)C=C2C=CC=CC(C)(C)C=C2C=CC=C1C. The third-order valence-electron chi connectivity index (χ3n) is 4.39. The summed E-state index contributed by atoms with van der Waals surface area (Å²) >= 11 is 0. The van der Waals surface area contributed by atoms with Gasteiger partial charge in [0, 0.05) is 5.41 Å². The number of allylic oxidation sites excluding steroid dienone is 12. The van der Waals surface area contributed by atoms with Crippen molar-refractivity contribution in [2.24, 2.45) is 10.8 Å². The van der Waals surface area contributed by atoms with Crippen molar-refractivity contribution in [3.8, 4) is 0 Å². The van der Waals surface area contributed by atoms with Gasteiger partial charge in [0.25, 0.3) is 0 Å². The van der Waals surface area contributed by atoms with E-state index in [0.717, 1.165) is 16.7 Å². The number of carbonyl (C=O) groups excluding carboxylic acids is 1. The molecule has 0 aromatic heterocycles. The highest BCUT2D eigenvalue weighted by molar-refractivity contribution is 5.88. The first-order valence-electron chi connectivity index (χ1n) is 7.43. The molecule has 0 fully saturated rings. The largest absolute Gasteiger partial charge is 0.299 e. The van der Waals surface area contributed by atoms with Gasteiger partial charge in [-0.3, -0.25) is 4.79 Å². The topological polar surface area (TPSA) is 17.1 Å². The van der Waals surface area contributed by atoms with Crippen LogP contribution >= 0.6 is 0 Å². The maximum atomic E-state index is 12.2. The second-order valence-electron chi connectivity index (χ2n) is 6.71. The molecule has 0 saturated carbocycles. The Labute approximate surface area is 128 Å². The fraction of sp³-hybridized carbons (Fsp3) is 0.350. The lowest BCUT2D eigenvalue weighted by atomic mass is 9.75. The molecule has 1 atom stereocenters. The van der Waals surface area contributed by atoms with Crippen LogP contribution in [0.3, 0.4) is 0 Å². The van der Waals surface area contributed by atoms with E-state index in [1.165, 1.54) is 0 Å². The lowest BCUT2D eigenvalue weighted by Gasteiger charge is -2.28. The molecular weight excluding hydrogens is 256 g/mol. The van der Waals surface area contributed by atoms with Gasteiger partial charge in [0.05, 0.1) is 5.41 Å². The van der Waals surface area contributed by atoms with Crippen molar-refractivity contribution in [2.45, 2.75) is 34.6 Å². The standard InChI is InChI=1S/C20H24O/c1-15-9-8-11-17-13-19(3,4)12-7-6-10-18(17)14-20(15,5)16(2)21/h6-14H,1-5H3. The Morgan fingerprint density at radius 3 is 2.24 bits per heavy atom. The number of hydrogen-bond donors (Lipinski definition) is 0. The summed E-state index contributed by atoms with van der Waals surface area (Å²) in [6.45, 7) is 10.1. The summed E-state index contributed by atoms with van der Waals surface area (Å²) in [5, 5.41) is 0. The zero-order valence-corrected chi connectivity index (χ0v) is 13.6. The molecule has 110 valence electrons. The van der Waals surface area contributed by atoms with Gasteiger partial charge in [0.2, 0.25) is 0 Å². The fourth-order valence-corrected chi connectivity index (χ4v) is 2.64. The molecule has 0 amide bonds. The minimum absolute atomic E-state index is 0.00585. The summed E-state index contributed by atoms with van der Waals surface area (Å²) in [6, 6.07) is 0. The number of ketones is 1. The molecular formula is C20H24O. The Kier molecular flexibility index (Phi) is 4.04. The predicted octanol–water partition coefficient (Wildman–Crippen LogP) is 5.10. The lowest BCUT2D eigenvalue weighted by Crippen LogP contribution is -2.25. The third-order valence-corrected chi connectivity index (χ3v) is 4.39. The Morgan fingerprint density at radius 1 is 0.952 bits per heavy atom. The van der Waals surface area contributed by atoms with Crippen molar-refractivity contribution in [1.82, 2.24) is 0 Å². The Morgan fingerprint density at radius 2 is 1.57 bits per heavy atom. The summed E-state index contributed by atoms with van der Waals surface area (Å²) in [7, 11) is 0. The molecule has 2 aliphatic rings. The quantitative estimate of drug-likeness (QED) is 0.653. The fourth-order valence-electron chi connectivity index (χ4n) is 2.64. The van der Waals surface area contributed by atoms with E-state index in [0.29, 0.717) is 0 Å². The Balaban J connectivity index is 2.69. The Hall–Kier alpha value is -1.89. The first-order valence-corrected chi connectivity index (χ1v) is 7.43. The van der Waals surface area contributed by atoms with Gasteiger partial charge in [-0.25, -0.2) is 0 Å². The first kappa shape index (κ1) is 15.5. The number of rotatable bonds is 1. The molecule has 0 N–H and O–H groups in total. The second-order valence-corrected chi connectivity index (χ2v) is 6.71. The van der Waals surface area contributed by atoms with Crippen LogP contribution in [-0.4, -0.2) is 5.78 Å². The molecule has 0 saturated heterocycles. The van der Waals surface area contributed by atoms with Gasteiger partial charge >= 0.3 is 0 Å². The van der Waals surface area contributed by atoms with Crippen molar-refractivity contribution < 1.29 is 4.79 Å². The number of hydrogen-bond acceptors (Lipinski definition) is 1. The van der Waals surface area contributed by atoms with Crippen molar-refractivity contribution in [1.29, 1.82) is 0 Å². The molecule has 0 spiro atoms. The van der Waals surface area contributed by atoms with Crippen LogP contribution in [0, 0.1) is 10.8 Å². The van der Waals surface area contributed by atoms with Gasteiger partial charge in [-0.05, 0) is 31.9 Å². The molecule has 0 heterocycles. The van der Waals surface area contributed by atoms with E-state index in [-0.39, 0.29) is 11.2 Å². The van der Waals surface area contributed by atoms with Crippen LogP contribution in [0.2, 0.25) is 0 Å². The van der Waals surface area contributed by atoms with E-state index in [1.54, 1.807) is 6.92 Å². The van der Waals surface area contributed by atoms with Crippen molar-refractivity contribution in [3.63, 3.8) is 0 Å². The van der Waals surface area contributed by atoms with Gasteiger partial charge in [0.1, 0.15) is 5.78 Å². The van der Waals surface area contributed by atoms with Gasteiger partial charge < -0.3 is 0 Å². The van der Waals surface area contributed by atoms with Crippen LogP contribution in [-0.2, 0) is 4.79 Å². The van der Waals surface area contributed by atoms with E-state index in [4.69, 9.17) is 0 Å². The van der Waals surface area contributed by atoms with Crippen LogP contribution < -0.4 is 0 Å². The highest BCUT2D eigenvalue weighted by Crippen LogP contribution is 2.36. The summed E-state index contributed by atoms with van der Waals surface area (Å²) in [5.74, 6) is 0.170. The molecule has 1 nitrogen and oxygen atoms in total. The molecule has 1 heteroatoms. The molecule has 1 unspecified atom stereocenters. The Bertz CT molecular complexity index is 633. The first-order chi connectivity index (χ1) is 9.74. The van der Waals surface area contributed by atoms with Crippen LogP contribution in [0.5, 0.6) is 0 Å². The van der Waals surface area contributed by atoms with Gasteiger partial charge in [-0.15, -0.1) is 0 Å². The molecule has 0 bridgehead atoms. The highest BCUT2D eigenvalue weighted by Gasteiger charge is 2.30. The molecule has 0 aliphatic heterocycles. The molecule has 21 heavy (non-hydrogen) atoms. The van der Waals surface area contributed by atoms with Gasteiger partial charge in [-0.1, -0.05) is 74.1 Å². The zero-order chi connectivity index (χ0) is 15.7. The van der Waals surface area contributed by atoms with Crippen LogP contribution in [0.25, 0.3) is 0 Å². The average Bonchev–Trinajstić information content (AvgIpc) is 2.37. The zero-order valence-electron chi connectivity index (χ0n) is 13.6. The summed E-state index contributed by atoms with van der Waals surface area (Å²) < 4.78 is 0. The summed E-state index contributed by atoms with van der Waals surface area (Å²) in [6.07, 6.45) is 19.0. The average molecular weight is 280 g/mol. The van der Waals surface area contributed by atoms with Crippen LogP contribution in [0.1, 0.15) is 34.6 Å². The molecule has 2 aliphatic carbocycles. The molecule has 0 aromatic carbocycles. The van der Waals surface area contributed by atoms with Crippen molar-refractivity contribution >= 4 is 5.78 Å². The normalized spacial score (nSPS) is 27.4. The second kappa shape index (κ2) is 5.48. The maximum absolute atomic E-state index is 12.2. The predicted molar refractivity (Wildman–Crippen MR) is 89.9 cm³/mol. The third kappa shape index (κ3) is 3.24. The van der Waals surface area contributed by atoms with Crippen molar-refractivity contribution in [2.75, 3.05) is 0 Å². The maximum Gasteiger partial charge on any atom is 0.143 e. The minimum Gasteiger partial charge on any atom is -0.299 e. The smallest absolute Gasteiger partial charge is 0.143 e. The van der Waals surface area contributed by atoms with Gasteiger partial charge in [0.15, 0.2) is 0 Å². The molecule has 0 radical (unpaired) electrons. The van der Waals surface area contributed by atoms with E-state index in [1.807, 2.05) is 26.0 Å². The van der Waals surface area contributed by atoms with Crippen LogP contribution in [0.4, 0.5) is 0 Å². The monoisotopic (exact) mass is 280 g/mol. The molecule has 0 aromatic rings. The van der Waals surface area contributed by atoms with E-state index >= 15 is 0 Å². The summed E-state index contributed by atoms with van der Waals surface area (Å²) in [5.41, 5.74) is 2.79. The summed E-state index contributed by atoms with van der Waals surface area (Å²) in [4.78, 5) is 12.2. The molecule has 2 rings (SSSR count).